The van der Waals surface area contributed by atoms with Gasteiger partial charge in [-0.25, -0.2) is 9.67 Å². The van der Waals surface area contributed by atoms with Crippen molar-refractivity contribution >= 4 is 11.8 Å². The largest absolute Gasteiger partial charge is 0.383 e. The van der Waals surface area contributed by atoms with Gasteiger partial charge in [0.05, 0.1) is 18.6 Å². The molecular weight excluding hydrogens is 322 g/mol. The highest BCUT2D eigenvalue weighted by atomic mass is 16.5. The fourth-order valence-electron chi connectivity index (χ4n) is 3.85. The number of aryl methyl sites for hydroxylation is 2. The number of likely N-dealkylation sites (tertiary alicyclic amines) is 2. The number of methoxy groups -OCH3 is 1. The van der Waals surface area contributed by atoms with Gasteiger partial charge in [-0.15, -0.1) is 0 Å². The average molecular weight is 349 g/mol. The number of rotatable bonds is 5. The maximum absolute atomic E-state index is 12.9. The van der Waals surface area contributed by atoms with Gasteiger partial charge in [-0.05, 0) is 26.7 Å². The molecule has 2 aliphatic heterocycles. The number of aromatic nitrogens is 3. The van der Waals surface area contributed by atoms with Crippen molar-refractivity contribution in [2.24, 2.45) is 5.92 Å². The van der Waals surface area contributed by atoms with Crippen LogP contribution in [-0.2, 0) is 14.3 Å². The van der Waals surface area contributed by atoms with Crippen molar-refractivity contribution < 1.29 is 14.3 Å². The summed E-state index contributed by atoms with van der Waals surface area (Å²) in [5, 5.41) is 4.47. The molecule has 0 radical (unpaired) electrons. The molecule has 1 aromatic rings. The summed E-state index contributed by atoms with van der Waals surface area (Å²) in [6.07, 6.45) is 2.25. The summed E-state index contributed by atoms with van der Waals surface area (Å²) in [5.41, 5.74) is 0. The maximum atomic E-state index is 12.9. The molecule has 8 nitrogen and oxygen atoms in total. The molecule has 0 saturated carbocycles. The first-order valence-corrected chi connectivity index (χ1v) is 8.95. The van der Waals surface area contributed by atoms with Crippen molar-refractivity contribution in [3.05, 3.63) is 11.6 Å². The topological polar surface area (TPSA) is 80.6 Å². The summed E-state index contributed by atoms with van der Waals surface area (Å²) in [4.78, 5) is 33.0. The van der Waals surface area contributed by atoms with Crippen LogP contribution in [0.3, 0.4) is 0 Å². The van der Waals surface area contributed by atoms with E-state index in [4.69, 9.17) is 4.74 Å². The Morgan fingerprint density at radius 3 is 2.80 bits per heavy atom. The summed E-state index contributed by atoms with van der Waals surface area (Å²) >= 11 is 0. The Morgan fingerprint density at radius 2 is 2.12 bits per heavy atom. The molecule has 1 aromatic heterocycles. The SMILES string of the molecule is COCCN1C[C@@H](C(=O)N2CCC[C@H](n3nc(C)nc3C)C2)CC1=O. The molecular formula is C17H27N5O3. The molecule has 0 bridgehead atoms. The number of carbonyl (C=O) groups is 2. The van der Waals surface area contributed by atoms with E-state index >= 15 is 0 Å². The molecule has 8 heteroatoms. The van der Waals surface area contributed by atoms with Crippen LogP contribution in [0.2, 0.25) is 0 Å². The first-order valence-electron chi connectivity index (χ1n) is 8.95. The number of hydrogen-bond acceptors (Lipinski definition) is 5. The molecule has 0 aromatic carbocycles. The zero-order chi connectivity index (χ0) is 18.0. The quantitative estimate of drug-likeness (QED) is 0.776. The molecule has 0 aliphatic carbocycles. The third-order valence-electron chi connectivity index (χ3n) is 5.09. The predicted molar refractivity (Wildman–Crippen MR) is 90.9 cm³/mol. The van der Waals surface area contributed by atoms with E-state index in [2.05, 4.69) is 10.1 Å². The van der Waals surface area contributed by atoms with Crippen molar-refractivity contribution in [3.63, 3.8) is 0 Å². The molecule has 25 heavy (non-hydrogen) atoms. The highest BCUT2D eigenvalue weighted by Crippen LogP contribution is 2.26. The summed E-state index contributed by atoms with van der Waals surface area (Å²) < 4.78 is 6.98. The number of piperidine rings is 1. The lowest BCUT2D eigenvalue weighted by Crippen LogP contribution is -2.44. The Balaban J connectivity index is 1.62. The van der Waals surface area contributed by atoms with E-state index in [0.29, 0.717) is 32.7 Å². The summed E-state index contributed by atoms with van der Waals surface area (Å²) in [5.74, 6) is 1.55. The molecule has 0 unspecified atom stereocenters. The Bertz CT molecular complexity index is 644. The van der Waals surface area contributed by atoms with E-state index in [1.165, 1.54) is 0 Å². The monoisotopic (exact) mass is 349 g/mol. The van der Waals surface area contributed by atoms with E-state index in [1.807, 2.05) is 23.4 Å². The number of amides is 2. The van der Waals surface area contributed by atoms with Crippen molar-refractivity contribution in [2.45, 2.75) is 39.2 Å². The summed E-state index contributed by atoms with van der Waals surface area (Å²) in [6, 6.07) is 0.167. The number of ether oxygens (including phenoxy) is 1. The minimum atomic E-state index is -0.235. The third-order valence-corrected chi connectivity index (χ3v) is 5.09. The molecule has 138 valence electrons. The molecule has 2 fully saturated rings. The lowest BCUT2D eigenvalue weighted by atomic mass is 10.0. The highest BCUT2D eigenvalue weighted by molar-refractivity contribution is 5.89. The van der Waals surface area contributed by atoms with Gasteiger partial charge < -0.3 is 14.5 Å². The number of hydrogen-bond donors (Lipinski definition) is 0. The summed E-state index contributed by atoms with van der Waals surface area (Å²) in [6.45, 7) is 6.79. The van der Waals surface area contributed by atoms with Crippen molar-refractivity contribution in [3.8, 4) is 0 Å². The smallest absolute Gasteiger partial charge is 0.228 e. The van der Waals surface area contributed by atoms with Crippen LogP contribution in [0, 0.1) is 19.8 Å². The lowest BCUT2D eigenvalue weighted by Gasteiger charge is -2.34. The van der Waals surface area contributed by atoms with Gasteiger partial charge in [0.1, 0.15) is 11.6 Å². The normalized spacial score (nSPS) is 24.2. The molecule has 3 heterocycles. The second-order valence-electron chi connectivity index (χ2n) is 6.96. The molecule has 0 spiro atoms. The zero-order valence-electron chi connectivity index (χ0n) is 15.3. The van der Waals surface area contributed by atoms with Crippen molar-refractivity contribution in [2.75, 3.05) is 39.9 Å². The Hall–Kier alpha value is -1.96. The van der Waals surface area contributed by atoms with E-state index in [-0.39, 0.29) is 23.8 Å². The molecule has 3 rings (SSSR count). The minimum absolute atomic E-state index is 0.0479. The van der Waals surface area contributed by atoms with Crippen molar-refractivity contribution in [1.82, 2.24) is 24.6 Å². The fourth-order valence-corrected chi connectivity index (χ4v) is 3.85. The zero-order valence-corrected chi connectivity index (χ0v) is 15.3. The van der Waals surface area contributed by atoms with E-state index < -0.39 is 0 Å². The summed E-state index contributed by atoms with van der Waals surface area (Å²) in [7, 11) is 1.62. The van der Waals surface area contributed by atoms with Gasteiger partial charge >= 0.3 is 0 Å². The predicted octanol–water partition coefficient (Wildman–Crippen LogP) is 0.553. The van der Waals surface area contributed by atoms with Gasteiger partial charge in [0.2, 0.25) is 11.8 Å². The first-order chi connectivity index (χ1) is 12.0. The van der Waals surface area contributed by atoms with Crippen LogP contribution in [0.4, 0.5) is 0 Å². The molecule has 0 N–H and O–H groups in total. The average Bonchev–Trinajstić information content (AvgIpc) is 3.14. The van der Waals surface area contributed by atoms with Crippen LogP contribution in [-0.4, -0.2) is 76.3 Å². The third kappa shape index (κ3) is 3.84. The molecule has 2 atom stereocenters. The van der Waals surface area contributed by atoms with Gasteiger partial charge in [-0.2, -0.15) is 5.10 Å². The van der Waals surface area contributed by atoms with Crippen LogP contribution in [0.25, 0.3) is 0 Å². The fraction of sp³-hybridized carbons (Fsp3) is 0.765. The maximum Gasteiger partial charge on any atom is 0.228 e. The standard InChI is InChI=1S/C17H27N5O3/c1-12-18-13(2)22(19-12)15-5-4-6-21(11-15)17(24)14-9-16(23)20(10-14)7-8-25-3/h14-15H,4-11H2,1-3H3/t14-,15-/m0/s1. The second-order valence-corrected chi connectivity index (χ2v) is 6.96. The number of carbonyl (C=O) groups excluding carboxylic acids is 2. The molecule has 2 amide bonds. The molecule has 2 aliphatic rings. The first kappa shape index (κ1) is 17.8. The minimum Gasteiger partial charge on any atom is -0.383 e. The Labute approximate surface area is 148 Å². The Morgan fingerprint density at radius 1 is 1.32 bits per heavy atom. The van der Waals surface area contributed by atoms with Gasteiger partial charge in [0, 0.05) is 39.7 Å². The van der Waals surface area contributed by atoms with Gasteiger partial charge in [-0.3, -0.25) is 9.59 Å². The molecule has 2 saturated heterocycles. The van der Waals surface area contributed by atoms with Gasteiger partial charge in [-0.1, -0.05) is 0 Å². The second kappa shape index (κ2) is 7.51. The van der Waals surface area contributed by atoms with Crippen LogP contribution in [0.5, 0.6) is 0 Å². The van der Waals surface area contributed by atoms with Crippen LogP contribution < -0.4 is 0 Å². The van der Waals surface area contributed by atoms with Crippen molar-refractivity contribution in [1.29, 1.82) is 0 Å². The number of nitrogens with zero attached hydrogens (tertiary/aromatic N) is 5. The van der Waals surface area contributed by atoms with E-state index in [0.717, 1.165) is 31.0 Å². The van der Waals surface area contributed by atoms with E-state index in [9.17, 15) is 9.59 Å². The lowest BCUT2D eigenvalue weighted by molar-refractivity contribution is -0.137. The van der Waals surface area contributed by atoms with Crippen LogP contribution in [0.1, 0.15) is 37.0 Å². The van der Waals surface area contributed by atoms with Gasteiger partial charge in [0.25, 0.3) is 0 Å². The Kier molecular flexibility index (Phi) is 5.36. The van der Waals surface area contributed by atoms with Crippen LogP contribution in [0.15, 0.2) is 0 Å². The van der Waals surface area contributed by atoms with Crippen LogP contribution >= 0.6 is 0 Å². The van der Waals surface area contributed by atoms with E-state index in [1.54, 1.807) is 12.0 Å². The highest BCUT2D eigenvalue weighted by Gasteiger charge is 2.38. The van der Waals surface area contributed by atoms with Gasteiger partial charge in [0.15, 0.2) is 0 Å².